The summed E-state index contributed by atoms with van der Waals surface area (Å²) in [7, 11) is 0. The zero-order valence-corrected chi connectivity index (χ0v) is 10.2. The zero-order chi connectivity index (χ0) is 11.4. The number of aromatic carboxylic acids is 1. The molecule has 0 amide bonds. The number of hydrogen-bond acceptors (Lipinski definition) is 4. The van der Waals surface area contributed by atoms with E-state index in [4.69, 9.17) is 5.11 Å². The summed E-state index contributed by atoms with van der Waals surface area (Å²) in [6.07, 6.45) is 1.27. The van der Waals surface area contributed by atoms with Crippen molar-refractivity contribution in [2.75, 3.05) is 18.0 Å². The summed E-state index contributed by atoms with van der Waals surface area (Å²) in [6, 6.07) is 0. The van der Waals surface area contributed by atoms with Gasteiger partial charge in [0, 0.05) is 13.1 Å². The molecule has 1 aromatic rings. The van der Waals surface area contributed by atoms with Crippen LogP contribution >= 0.6 is 15.9 Å². The molecule has 5 nitrogen and oxygen atoms in total. The number of hydrogen-bond donors (Lipinski definition) is 1. The van der Waals surface area contributed by atoms with E-state index in [1.54, 1.807) is 0 Å². The molecule has 0 bridgehead atoms. The monoisotopic (exact) mass is 273 g/mol. The van der Waals surface area contributed by atoms with Gasteiger partial charge in [0.05, 0.1) is 4.47 Å². The minimum atomic E-state index is -1.06. The van der Waals surface area contributed by atoms with Crippen LogP contribution in [-0.2, 0) is 0 Å². The fourth-order valence-electron chi connectivity index (χ4n) is 1.25. The molecule has 15 heavy (non-hydrogen) atoms. The van der Waals surface area contributed by atoms with E-state index in [1.807, 2.05) is 18.7 Å². The van der Waals surface area contributed by atoms with Crippen LogP contribution in [0.5, 0.6) is 0 Å². The zero-order valence-electron chi connectivity index (χ0n) is 8.57. The molecule has 6 heteroatoms. The van der Waals surface area contributed by atoms with Gasteiger partial charge < -0.3 is 10.0 Å². The summed E-state index contributed by atoms with van der Waals surface area (Å²) in [6.45, 7) is 5.51. The van der Waals surface area contributed by atoms with Crippen LogP contribution in [0.1, 0.15) is 24.3 Å². The minimum absolute atomic E-state index is 0.00750. The van der Waals surface area contributed by atoms with Crippen LogP contribution in [0.4, 0.5) is 5.82 Å². The van der Waals surface area contributed by atoms with Gasteiger partial charge in [-0.1, -0.05) is 0 Å². The number of carboxylic acid groups (broad SMARTS) is 1. The molecule has 0 aliphatic rings. The van der Waals surface area contributed by atoms with Gasteiger partial charge in [-0.05, 0) is 29.8 Å². The Morgan fingerprint density at radius 3 is 2.53 bits per heavy atom. The highest BCUT2D eigenvalue weighted by Gasteiger charge is 2.17. The molecular formula is C9H12BrN3O2. The topological polar surface area (TPSA) is 66.3 Å². The fraction of sp³-hybridized carbons (Fsp3) is 0.444. The Balaban J connectivity index is 3.19. The number of anilines is 1. The Morgan fingerprint density at radius 2 is 2.07 bits per heavy atom. The Bertz CT molecular complexity index is 366. The van der Waals surface area contributed by atoms with E-state index >= 15 is 0 Å². The number of halogens is 1. The molecule has 1 N–H and O–H groups in total. The standard InChI is InChI=1S/C9H12BrN3O2/c1-3-13(4-2)8-6(10)7(9(14)15)11-5-12-8/h5H,3-4H2,1-2H3,(H,14,15). The molecule has 0 atom stereocenters. The van der Waals surface area contributed by atoms with Crippen molar-refractivity contribution in [3.63, 3.8) is 0 Å². The molecule has 0 fully saturated rings. The predicted octanol–water partition coefficient (Wildman–Crippen LogP) is 1.78. The Morgan fingerprint density at radius 1 is 1.47 bits per heavy atom. The first-order valence-corrected chi connectivity index (χ1v) is 5.39. The number of nitrogens with zero attached hydrogens (tertiary/aromatic N) is 3. The maximum atomic E-state index is 10.8. The minimum Gasteiger partial charge on any atom is -0.476 e. The molecule has 0 radical (unpaired) electrons. The molecule has 0 aliphatic carbocycles. The molecule has 0 aliphatic heterocycles. The first-order valence-electron chi connectivity index (χ1n) is 4.60. The number of carboxylic acids is 1. The quantitative estimate of drug-likeness (QED) is 0.906. The lowest BCUT2D eigenvalue weighted by Crippen LogP contribution is -2.24. The summed E-state index contributed by atoms with van der Waals surface area (Å²) in [4.78, 5) is 20.6. The van der Waals surface area contributed by atoms with Crippen LogP contribution in [0.15, 0.2) is 10.8 Å². The molecule has 82 valence electrons. The van der Waals surface area contributed by atoms with Gasteiger partial charge in [0.1, 0.15) is 12.1 Å². The Labute approximate surface area is 96.3 Å². The molecule has 0 aromatic carbocycles. The van der Waals surface area contributed by atoms with E-state index in [-0.39, 0.29) is 5.69 Å². The van der Waals surface area contributed by atoms with Crippen LogP contribution < -0.4 is 4.90 Å². The molecule has 0 saturated heterocycles. The fourth-order valence-corrected chi connectivity index (χ4v) is 1.88. The molecule has 0 unspecified atom stereocenters. The predicted molar refractivity (Wildman–Crippen MR) is 60.3 cm³/mol. The smallest absolute Gasteiger partial charge is 0.355 e. The normalized spacial score (nSPS) is 10.1. The number of carbonyl (C=O) groups is 1. The van der Waals surface area contributed by atoms with Crippen molar-refractivity contribution in [1.29, 1.82) is 0 Å². The average Bonchev–Trinajstić information content (AvgIpc) is 2.21. The average molecular weight is 274 g/mol. The first-order chi connectivity index (χ1) is 7.11. The third kappa shape index (κ3) is 2.44. The van der Waals surface area contributed by atoms with E-state index < -0.39 is 5.97 Å². The lowest BCUT2D eigenvalue weighted by Gasteiger charge is -2.20. The largest absolute Gasteiger partial charge is 0.476 e. The second kappa shape index (κ2) is 5.06. The second-order valence-corrected chi connectivity index (χ2v) is 3.63. The van der Waals surface area contributed by atoms with E-state index in [9.17, 15) is 4.79 Å². The van der Waals surface area contributed by atoms with Gasteiger partial charge in [-0.25, -0.2) is 14.8 Å². The van der Waals surface area contributed by atoms with Crippen molar-refractivity contribution in [2.24, 2.45) is 0 Å². The lowest BCUT2D eigenvalue weighted by molar-refractivity contribution is 0.0689. The Hall–Kier alpha value is -1.17. The molecule has 0 saturated carbocycles. The van der Waals surface area contributed by atoms with Crippen molar-refractivity contribution >= 4 is 27.7 Å². The maximum Gasteiger partial charge on any atom is 0.355 e. The first kappa shape index (κ1) is 11.9. The third-order valence-electron chi connectivity index (χ3n) is 2.04. The highest BCUT2D eigenvalue weighted by Crippen LogP contribution is 2.25. The van der Waals surface area contributed by atoms with E-state index in [0.717, 1.165) is 13.1 Å². The summed E-state index contributed by atoms with van der Waals surface area (Å²) >= 11 is 3.22. The molecule has 1 aromatic heterocycles. The van der Waals surface area contributed by atoms with Crippen molar-refractivity contribution in [1.82, 2.24) is 9.97 Å². The summed E-state index contributed by atoms with van der Waals surface area (Å²) in [5.41, 5.74) is -0.00750. The molecule has 1 rings (SSSR count). The van der Waals surface area contributed by atoms with Crippen molar-refractivity contribution < 1.29 is 9.90 Å². The second-order valence-electron chi connectivity index (χ2n) is 2.84. The van der Waals surface area contributed by atoms with Gasteiger partial charge in [0.25, 0.3) is 0 Å². The van der Waals surface area contributed by atoms with Gasteiger partial charge in [0.2, 0.25) is 0 Å². The van der Waals surface area contributed by atoms with Crippen LogP contribution in [0.25, 0.3) is 0 Å². The van der Waals surface area contributed by atoms with E-state index in [2.05, 4.69) is 25.9 Å². The van der Waals surface area contributed by atoms with E-state index in [0.29, 0.717) is 10.3 Å². The third-order valence-corrected chi connectivity index (χ3v) is 2.77. The number of aromatic nitrogens is 2. The summed E-state index contributed by atoms with van der Waals surface area (Å²) in [5.74, 6) is -0.440. The SMILES string of the molecule is CCN(CC)c1ncnc(C(=O)O)c1Br. The van der Waals surface area contributed by atoms with Crippen molar-refractivity contribution in [3.8, 4) is 0 Å². The van der Waals surface area contributed by atoms with Crippen LogP contribution in [0, 0.1) is 0 Å². The highest BCUT2D eigenvalue weighted by molar-refractivity contribution is 9.10. The number of rotatable bonds is 4. The summed E-state index contributed by atoms with van der Waals surface area (Å²) < 4.78 is 0.432. The van der Waals surface area contributed by atoms with Crippen LogP contribution in [0.2, 0.25) is 0 Å². The lowest BCUT2D eigenvalue weighted by atomic mass is 10.3. The van der Waals surface area contributed by atoms with E-state index in [1.165, 1.54) is 6.33 Å². The van der Waals surface area contributed by atoms with Crippen molar-refractivity contribution in [3.05, 3.63) is 16.5 Å². The summed E-state index contributed by atoms with van der Waals surface area (Å²) in [5, 5.41) is 8.88. The maximum absolute atomic E-state index is 10.8. The van der Waals surface area contributed by atoms with Gasteiger partial charge in [-0.15, -0.1) is 0 Å². The van der Waals surface area contributed by atoms with Gasteiger partial charge >= 0.3 is 5.97 Å². The van der Waals surface area contributed by atoms with Crippen LogP contribution in [-0.4, -0.2) is 34.1 Å². The molecule has 0 spiro atoms. The van der Waals surface area contributed by atoms with Crippen molar-refractivity contribution in [2.45, 2.75) is 13.8 Å². The van der Waals surface area contributed by atoms with Gasteiger partial charge in [-0.3, -0.25) is 0 Å². The molecule has 1 heterocycles. The Kier molecular flexibility index (Phi) is 4.02. The van der Waals surface area contributed by atoms with Gasteiger partial charge in [-0.2, -0.15) is 0 Å². The van der Waals surface area contributed by atoms with Gasteiger partial charge in [0.15, 0.2) is 5.69 Å². The van der Waals surface area contributed by atoms with Crippen LogP contribution in [0.3, 0.4) is 0 Å². The highest BCUT2D eigenvalue weighted by atomic mass is 79.9. The molecular weight excluding hydrogens is 262 g/mol.